The van der Waals surface area contributed by atoms with Crippen LogP contribution in [0.1, 0.15) is 10.4 Å². The minimum Gasteiger partial charge on any atom is -0.287 e. The lowest BCUT2D eigenvalue weighted by Gasteiger charge is -2.13. The Labute approximate surface area is 135 Å². The van der Waals surface area contributed by atoms with Crippen molar-refractivity contribution in [2.24, 2.45) is 0 Å². The second kappa shape index (κ2) is 6.26. The molecule has 0 saturated carbocycles. The molecule has 116 valence electrons. The Bertz CT molecular complexity index is 829. The van der Waals surface area contributed by atoms with Crippen molar-refractivity contribution in [3.8, 4) is 11.3 Å². The maximum atomic E-state index is 13.0. The van der Waals surface area contributed by atoms with Crippen molar-refractivity contribution >= 4 is 22.4 Å². The van der Waals surface area contributed by atoms with Gasteiger partial charge in [-0.15, -0.1) is 11.3 Å². The molecule has 0 saturated heterocycles. The molecule has 2 aromatic carbocycles. The van der Waals surface area contributed by atoms with Crippen LogP contribution in [0.25, 0.3) is 11.3 Å². The summed E-state index contributed by atoms with van der Waals surface area (Å²) in [5, 5.41) is 2.32. The highest BCUT2D eigenvalue weighted by Gasteiger charge is 2.17. The lowest BCUT2D eigenvalue weighted by molar-refractivity contribution is 0.0993. The molecule has 1 heterocycles. The van der Waals surface area contributed by atoms with E-state index in [4.69, 9.17) is 0 Å². The molecule has 0 N–H and O–H groups in total. The molecule has 23 heavy (non-hydrogen) atoms. The number of amides is 1. The van der Waals surface area contributed by atoms with E-state index in [2.05, 4.69) is 4.98 Å². The van der Waals surface area contributed by atoms with Gasteiger partial charge in [-0.3, -0.25) is 9.69 Å². The largest absolute Gasteiger partial charge is 0.287 e. The van der Waals surface area contributed by atoms with E-state index in [9.17, 15) is 13.6 Å². The molecule has 3 nitrogen and oxygen atoms in total. The second-order valence-electron chi connectivity index (χ2n) is 4.89. The molecule has 0 unspecified atom stereocenters. The molecule has 1 amide bonds. The van der Waals surface area contributed by atoms with Gasteiger partial charge in [0.2, 0.25) is 0 Å². The van der Waals surface area contributed by atoms with Gasteiger partial charge in [0.05, 0.1) is 5.69 Å². The number of nitrogens with zero attached hydrogens (tertiary/aromatic N) is 2. The maximum absolute atomic E-state index is 13.0. The molecule has 0 fully saturated rings. The first-order valence-electron chi connectivity index (χ1n) is 6.79. The lowest BCUT2D eigenvalue weighted by atomic mass is 10.2. The van der Waals surface area contributed by atoms with Crippen LogP contribution in [-0.2, 0) is 0 Å². The van der Waals surface area contributed by atoms with Crippen LogP contribution in [-0.4, -0.2) is 17.9 Å². The van der Waals surface area contributed by atoms with E-state index in [-0.39, 0.29) is 11.7 Å². The van der Waals surface area contributed by atoms with Gasteiger partial charge in [0.25, 0.3) is 5.91 Å². The van der Waals surface area contributed by atoms with Crippen LogP contribution in [0.2, 0.25) is 0 Å². The Hall–Kier alpha value is -2.60. The third kappa shape index (κ3) is 3.27. The number of rotatable bonds is 3. The van der Waals surface area contributed by atoms with Crippen molar-refractivity contribution < 1.29 is 13.6 Å². The topological polar surface area (TPSA) is 33.2 Å². The predicted octanol–water partition coefficient (Wildman–Crippen LogP) is 4.36. The zero-order valence-electron chi connectivity index (χ0n) is 12.2. The highest BCUT2D eigenvalue weighted by molar-refractivity contribution is 7.14. The van der Waals surface area contributed by atoms with E-state index in [0.717, 1.165) is 5.56 Å². The summed E-state index contributed by atoms with van der Waals surface area (Å²) in [5.41, 5.74) is 1.83. The van der Waals surface area contributed by atoms with E-state index in [1.807, 2.05) is 0 Å². The van der Waals surface area contributed by atoms with E-state index in [1.165, 1.54) is 52.6 Å². The zero-order valence-corrected chi connectivity index (χ0v) is 13.0. The molecular weight excluding hydrogens is 318 g/mol. The number of carbonyl (C=O) groups is 1. The van der Waals surface area contributed by atoms with Crippen LogP contribution in [0.3, 0.4) is 0 Å². The Kier molecular flexibility index (Phi) is 4.16. The highest BCUT2D eigenvalue weighted by atomic mass is 32.1. The minimum atomic E-state index is -0.392. The standard InChI is InChI=1S/C17H12F2N2OS/c1-21(16(22)12-4-8-14(19)9-5-12)17-20-15(10-23-17)11-2-6-13(18)7-3-11/h2-10H,1H3. The Morgan fingerprint density at radius 3 is 2.17 bits per heavy atom. The second-order valence-corrected chi connectivity index (χ2v) is 5.73. The Morgan fingerprint density at radius 2 is 1.57 bits per heavy atom. The van der Waals surface area contributed by atoms with E-state index in [0.29, 0.717) is 16.4 Å². The molecule has 0 radical (unpaired) electrons. The van der Waals surface area contributed by atoms with Crippen molar-refractivity contribution in [1.29, 1.82) is 0 Å². The SMILES string of the molecule is CN(C(=O)c1ccc(F)cc1)c1nc(-c2ccc(F)cc2)cs1. The minimum absolute atomic E-state index is 0.273. The lowest BCUT2D eigenvalue weighted by Crippen LogP contribution is -2.26. The van der Waals surface area contributed by atoms with Crippen LogP contribution in [0.4, 0.5) is 13.9 Å². The van der Waals surface area contributed by atoms with Gasteiger partial charge in [0, 0.05) is 23.6 Å². The van der Waals surface area contributed by atoms with E-state index >= 15 is 0 Å². The van der Waals surface area contributed by atoms with Gasteiger partial charge < -0.3 is 0 Å². The summed E-state index contributed by atoms with van der Waals surface area (Å²) < 4.78 is 25.9. The molecule has 3 aromatic rings. The quantitative estimate of drug-likeness (QED) is 0.715. The summed E-state index contributed by atoms with van der Waals surface area (Å²) in [6, 6.07) is 11.3. The monoisotopic (exact) mass is 330 g/mol. The number of carbonyl (C=O) groups excluding carboxylic acids is 1. The number of hydrogen-bond donors (Lipinski definition) is 0. The highest BCUT2D eigenvalue weighted by Crippen LogP contribution is 2.27. The summed E-state index contributed by atoms with van der Waals surface area (Å²) in [4.78, 5) is 18.2. The fourth-order valence-corrected chi connectivity index (χ4v) is 2.84. The van der Waals surface area contributed by atoms with Gasteiger partial charge in [0.15, 0.2) is 5.13 Å². The van der Waals surface area contributed by atoms with E-state index in [1.54, 1.807) is 24.6 Å². The average molecular weight is 330 g/mol. The number of thiazole rings is 1. The first-order valence-corrected chi connectivity index (χ1v) is 7.67. The summed E-state index contributed by atoms with van der Waals surface area (Å²) in [6.45, 7) is 0. The fraction of sp³-hybridized carbons (Fsp3) is 0.0588. The zero-order chi connectivity index (χ0) is 16.4. The molecular formula is C17H12F2N2OS. The molecule has 0 aliphatic heterocycles. The number of halogens is 2. The van der Waals surface area contributed by atoms with Crippen LogP contribution < -0.4 is 4.90 Å². The van der Waals surface area contributed by atoms with Crippen LogP contribution in [0.5, 0.6) is 0 Å². The first-order chi connectivity index (χ1) is 11.0. The molecule has 1 aromatic heterocycles. The van der Waals surface area contributed by atoms with Gasteiger partial charge in [0.1, 0.15) is 11.6 Å². The first kappa shape index (κ1) is 15.3. The number of hydrogen-bond acceptors (Lipinski definition) is 3. The van der Waals surface area contributed by atoms with Gasteiger partial charge in [-0.25, -0.2) is 13.8 Å². The van der Waals surface area contributed by atoms with E-state index < -0.39 is 5.82 Å². The summed E-state index contributed by atoms with van der Waals surface area (Å²) in [5.74, 6) is -0.977. The van der Waals surface area contributed by atoms with Gasteiger partial charge in [-0.1, -0.05) is 0 Å². The molecule has 0 bridgehead atoms. The molecule has 6 heteroatoms. The molecule has 0 atom stereocenters. The fourth-order valence-electron chi connectivity index (χ4n) is 2.04. The normalized spacial score (nSPS) is 10.6. The summed E-state index contributed by atoms with van der Waals surface area (Å²) >= 11 is 1.31. The van der Waals surface area contributed by atoms with Crippen molar-refractivity contribution in [3.63, 3.8) is 0 Å². The Morgan fingerprint density at radius 1 is 1.00 bits per heavy atom. The molecule has 0 aliphatic rings. The van der Waals surface area contributed by atoms with Crippen LogP contribution in [0, 0.1) is 11.6 Å². The van der Waals surface area contributed by atoms with Crippen molar-refractivity contribution in [3.05, 3.63) is 71.1 Å². The summed E-state index contributed by atoms with van der Waals surface area (Å²) in [6.07, 6.45) is 0. The molecule has 0 spiro atoms. The smallest absolute Gasteiger partial charge is 0.259 e. The van der Waals surface area contributed by atoms with Crippen LogP contribution >= 0.6 is 11.3 Å². The molecule has 0 aliphatic carbocycles. The van der Waals surface area contributed by atoms with Crippen molar-refractivity contribution in [1.82, 2.24) is 4.98 Å². The molecule has 3 rings (SSSR count). The third-order valence-electron chi connectivity index (χ3n) is 3.31. The number of benzene rings is 2. The van der Waals surface area contributed by atoms with Gasteiger partial charge in [-0.2, -0.15) is 0 Å². The third-order valence-corrected chi connectivity index (χ3v) is 4.23. The summed E-state index contributed by atoms with van der Waals surface area (Å²) in [7, 11) is 1.61. The van der Waals surface area contributed by atoms with Crippen molar-refractivity contribution in [2.45, 2.75) is 0 Å². The number of anilines is 1. The van der Waals surface area contributed by atoms with Crippen molar-refractivity contribution in [2.75, 3.05) is 11.9 Å². The Balaban J connectivity index is 1.83. The predicted molar refractivity (Wildman–Crippen MR) is 86.6 cm³/mol. The van der Waals surface area contributed by atoms with Crippen LogP contribution in [0.15, 0.2) is 53.9 Å². The van der Waals surface area contributed by atoms with Gasteiger partial charge >= 0.3 is 0 Å². The maximum Gasteiger partial charge on any atom is 0.259 e. The number of aromatic nitrogens is 1. The average Bonchev–Trinajstić information content (AvgIpc) is 3.05. The van der Waals surface area contributed by atoms with Gasteiger partial charge in [-0.05, 0) is 48.5 Å².